The van der Waals surface area contributed by atoms with Crippen LogP contribution in [0.4, 0.5) is 0 Å². The van der Waals surface area contributed by atoms with Crippen LogP contribution in [-0.4, -0.2) is 20.7 Å². The Balaban J connectivity index is 2.00. The zero-order chi connectivity index (χ0) is 26.5. The molecule has 1 N–H and O–H groups in total. The third-order valence-corrected chi connectivity index (χ3v) is 7.88. The average Bonchev–Trinajstić information content (AvgIpc) is 2.86. The van der Waals surface area contributed by atoms with Crippen LogP contribution in [0.1, 0.15) is 55.0 Å². The van der Waals surface area contributed by atoms with E-state index in [4.69, 9.17) is 11.6 Å². The van der Waals surface area contributed by atoms with Crippen molar-refractivity contribution in [2.75, 3.05) is 6.26 Å². The van der Waals surface area contributed by atoms with E-state index in [2.05, 4.69) is 24.4 Å². The first-order valence-corrected chi connectivity index (χ1v) is 13.9. The fourth-order valence-corrected chi connectivity index (χ4v) is 5.13. The predicted octanol–water partition coefficient (Wildman–Crippen LogP) is 6.21. The lowest BCUT2D eigenvalue weighted by Crippen LogP contribution is -2.42. The summed E-state index contributed by atoms with van der Waals surface area (Å²) in [6, 6.07) is 26.2. The summed E-state index contributed by atoms with van der Waals surface area (Å²) in [5.41, 5.74) is 2.77. The molecule has 0 aliphatic rings. The molecule has 0 aromatic heterocycles. The Morgan fingerprint density at radius 2 is 1.61 bits per heavy atom. The number of benzene rings is 3. The Labute approximate surface area is 219 Å². The summed E-state index contributed by atoms with van der Waals surface area (Å²) in [5.74, 6) is -0.00763. The normalized spacial score (nSPS) is 14.3. The van der Waals surface area contributed by atoms with Crippen LogP contribution in [0.3, 0.4) is 0 Å². The SMILES string of the molecule is C[C@H](N[C@@H](c1ccc(S(C)(=O)=O)cc1)C(C)(C)C#N)C(Cc1ccc(Cl)cc1)c1cccc(C#N)c1. The number of nitriles is 2. The Kier molecular flexibility index (Phi) is 8.59. The fraction of sp³-hybridized carbons (Fsp3) is 0.310. The van der Waals surface area contributed by atoms with Gasteiger partial charge in [0.15, 0.2) is 9.84 Å². The number of halogens is 1. The Morgan fingerprint density at radius 3 is 2.17 bits per heavy atom. The molecule has 0 saturated heterocycles. The molecule has 0 fully saturated rings. The van der Waals surface area contributed by atoms with Gasteiger partial charge in [0.2, 0.25) is 0 Å². The van der Waals surface area contributed by atoms with Gasteiger partial charge in [-0.05, 0) is 80.3 Å². The highest BCUT2D eigenvalue weighted by molar-refractivity contribution is 7.90. The van der Waals surface area contributed by atoms with E-state index in [1.165, 1.54) is 6.26 Å². The second kappa shape index (κ2) is 11.3. The second-order valence-electron chi connectivity index (χ2n) is 9.74. The standard InChI is InChI=1S/C29H30ClN3O2S/c1-20(33-28(29(2,3)19-32)23-10-14-26(15-11-23)36(4,34)35)27(17-21-8-12-25(30)13-9-21)24-7-5-6-22(16-24)18-31/h5-16,20,27-28,33H,17H2,1-4H3/t20-,27?,28-/m0/s1. The van der Waals surface area contributed by atoms with Gasteiger partial charge in [0, 0.05) is 23.2 Å². The maximum absolute atomic E-state index is 11.9. The highest BCUT2D eigenvalue weighted by Crippen LogP contribution is 2.36. The lowest BCUT2D eigenvalue weighted by atomic mass is 9.79. The number of hydrogen-bond acceptors (Lipinski definition) is 5. The minimum Gasteiger partial charge on any atom is -0.305 e. The van der Waals surface area contributed by atoms with Gasteiger partial charge in [0.1, 0.15) is 0 Å². The van der Waals surface area contributed by atoms with Crippen LogP contribution in [0, 0.1) is 28.1 Å². The fourth-order valence-electron chi connectivity index (χ4n) is 4.37. The highest BCUT2D eigenvalue weighted by atomic mass is 35.5. The Bertz CT molecular complexity index is 1390. The molecule has 186 valence electrons. The van der Waals surface area contributed by atoms with Crippen LogP contribution in [0.15, 0.2) is 77.7 Å². The topological polar surface area (TPSA) is 93.8 Å². The molecule has 0 aliphatic heterocycles. The molecule has 0 saturated carbocycles. The van der Waals surface area contributed by atoms with E-state index in [0.29, 0.717) is 17.0 Å². The van der Waals surface area contributed by atoms with Crippen LogP contribution in [0.2, 0.25) is 5.02 Å². The number of nitrogens with zero attached hydrogens (tertiary/aromatic N) is 2. The molecule has 7 heteroatoms. The van der Waals surface area contributed by atoms with Gasteiger partial charge >= 0.3 is 0 Å². The highest BCUT2D eigenvalue weighted by Gasteiger charge is 2.34. The van der Waals surface area contributed by atoms with Gasteiger partial charge in [-0.15, -0.1) is 0 Å². The number of sulfone groups is 1. The van der Waals surface area contributed by atoms with Crippen LogP contribution in [0.25, 0.3) is 0 Å². The molecule has 3 rings (SSSR count). The van der Waals surface area contributed by atoms with Gasteiger partial charge in [0.25, 0.3) is 0 Å². The molecule has 5 nitrogen and oxygen atoms in total. The first-order valence-electron chi connectivity index (χ1n) is 11.7. The summed E-state index contributed by atoms with van der Waals surface area (Å²) >= 11 is 6.09. The van der Waals surface area contributed by atoms with E-state index in [1.807, 2.05) is 56.3 Å². The molecule has 0 heterocycles. The van der Waals surface area contributed by atoms with Crippen molar-refractivity contribution in [3.63, 3.8) is 0 Å². The zero-order valence-corrected chi connectivity index (χ0v) is 22.4. The molecule has 0 spiro atoms. The summed E-state index contributed by atoms with van der Waals surface area (Å²) < 4.78 is 23.9. The molecular weight excluding hydrogens is 490 g/mol. The first-order chi connectivity index (χ1) is 16.9. The predicted molar refractivity (Wildman–Crippen MR) is 143 cm³/mol. The van der Waals surface area contributed by atoms with E-state index in [9.17, 15) is 18.9 Å². The minimum atomic E-state index is -3.32. The van der Waals surface area contributed by atoms with Gasteiger partial charge in [0.05, 0.1) is 34.1 Å². The quantitative estimate of drug-likeness (QED) is 0.362. The van der Waals surface area contributed by atoms with Crippen molar-refractivity contribution in [1.29, 1.82) is 10.5 Å². The molecule has 1 unspecified atom stereocenters. The molecule has 0 radical (unpaired) electrons. The number of rotatable bonds is 9. The van der Waals surface area contributed by atoms with E-state index >= 15 is 0 Å². The molecule has 3 atom stereocenters. The van der Waals surface area contributed by atoms with E-state index in [1.54, 1.807) is 30.3 Å². The van der Waals surface area contributed by atoms with Gasteiger partial charge in [-0.1, -0.05) is 48.0 Å². The molecule has 0 bridgehead atoms. The summed E-state index contributed by atoms with van der Waals surface area (Å²) in [5, 5.41) is 23.8. The molecule has 0 amide bonds. The van der Waals surface area contributed by atoms with Gasteiger partial charge in [-0.2, -0.15) is 10.5 Å². The maximum Gasteiger partial charge on any atom is 0.175 e. The Hall–Kier alpha value is -3.16. The summed E-state index contributed by atoms with van der Waals surface area (Å²) in [4.78, 5) is 0.238. The second-order valence-corrected chi connectivity index (χ2v) is 12.2. The largest absolute Gasteiger partial charge is 0.305 e. The molecule has 3 aromatic carbocycles. The van der Waals surface area contributed by atoms with E-state index in [0.717, 1.165) is 16.7 Å². The molecule has 3 aromatic rings. The van der Waals surface area contributed by atoms with Gasteiger partial charge in [-0.25, -0.2) is 8.42 Å². The van der Waals surface area contributed by atoms with Crippen LogP contribution >= 0.6 is 11.6 Å². The van der Waals surface area contributed by atoms with Gasteiger partial charge in [-0.3, -0.25) is 0 Å². The smallest absolute Gasteiger partial charge is 0.175 e. The van der Waals surface area contributed by atoms with Crippen molar-refractivity contribution in [3.05, 3.63) is 100 Å². The third kappa shape index (κ3) is 6.74. The van der Waals surface area contributed by atoms with Crippen molar-refractivity contribution in [3.8, 4) is 12.1 Å². The monoisotopic (exact) mass is 519 g/mol. The molecule has 0 aliphatic carbocycles. The van der Waals surface area contributed by atoms with E-state index in [-0.39, 0.29) is 22.9 Å². The zero-order valence-electron chi connectivity index (χ0n) is 20.9. The van der Waals surface area contributed by atoms with Crippen molar-refractivity contribution in [2.24, 2.45) is 5.41 Å². The molecular formula is C29H30ClN3O2S. The summed E-state index contributed by atoms with van der Waals surface area (Å²) in [7, 11) is -3.32. The van der Waals surface area contributed by atoms with Crippen LogP contribution in [-0.2, 0) is 16.3 Å². The van der Waals surface area contributed by atoms with Crippen LogP contribution < -0.4 is 5.32 Å². The van der Waals surface area contributed by atoms with Crippen molar-refractivity contribution in [2.45, 2.75) is 50.1 Å². The lowest BCUT2D eigenvalue weighted by Gasteiger charge is -2.36. The van der Waals surface area contributed by atoms with Gasteiger partial charge < -0.3 is 5.32 Å². The van der Waals surface area contributed by atoms with Crippen molar-refractivity contribution >= 4 is 21.4 Å². The lowest BCUT2D eigenvalue weighted by molar-refractivity contribution is 0.281. The molecule has 36 heavy (non-hydrogen) atoms. The van der Waals surface area contributed by atoms with Crippen LogP contribution in [0.5, 0.6) is 0 Å². The average molecular weight is 520 g/mol. The Morgan fingerprint density at radius 1 is 0.972 bits per heavy atom. The number of hydrogen-bond donors (Lipinski definition) is 1. The minimum absolute atomic E-state index is 0.00763. The summed E-state index contributed by atoms with van der Waals surface area (Å²) in [6.07, 6.45) is 1.88. The maximum atomic E-state index is 11.9. The first kappa shape index (κ1) is 27.4. The third-order valence-electron chi connectivity index (χ3n) is 6.50. The summed E-state index contributed by atoms with van der Waals surface area (Å²) in [6.45, 7) is 5.81. The number of nitrogens with one attached hydrogen (secondary N) is 1. The van der Waals surface area contributed by atoms with Crippen molar-refractivity contribution in [1.82, 2.24) is 5.32 Å². The van der Waals surface area contributed by atoms with Crippen molar-refractivity contribution < 1.29 is 8.42 Å². The van der Waals surface area contributed by atoms with E-state index < -0.39 is 15.3 Å².